The van der Waals surface area contributed by atoms with Crippen molar-refractivity contribution in [2.45, 2.75) is 20.4 Å². The highest BCUT2D eigenvalue weighted by Gasteiger charge is 2.20. The molecule has 0 spiro atoms. The summed E-state index contributed by atoms with van der Waals surface area (Å²) in [5, 5.41) is 15.5. The van der Waals surface area contributed by atoms with Crippen LogP contribution in [0.5, 0.6) is 0 Å². The van der Waals surface area contributed by atoms with Crippen molar-refractivity contribution in [2.24, 2.45) is 0 Å². The lowest BCUT2D eigenvalue weighted by atomic mass is 10.0. The quantitative estimate of drug-likeness (QED) is 0.435. The molecule has 1 aromatic carbocycles. The molecule has 0 aliphatic carbocycles. The number of rotatable bonds is 4. The molecule has 0 saturated heterocycles. The number of anilines is 1. The Bertz CT molecular complexity index is 1180. The van der Waals surface area contributed by atoms with E-state index in [1.807, 2.05) is 17.6 Å². The molecule has 0 aliphatic heterocycles. The lowest BCUT2D eigenvalue weighted by Gasteiger charge is -2.10. The summed E-state index contributed by atoms with van der Waals surface area (Å²) in [6.45, 7) is 4.28. The highest BCUT2D eigenvalue weighted by atomic mass is 16.6. The Morgan fingerprint density at radius 2 is 2.11 bits per heavy atom. The van der Waals surface area contributed by atoms with Gasteiger partial charge in [0.2, 0.25) is 11.9 Å². The van der Waals surface area contributed by atoms with Gasteiger partial charge in [-0.3, -0.25) is 15.1 Å². The first-order valence-electron chi connectivity index (χ1n) is 8.26. The average molecular weight is 364 g/mol. The van der Waals surface area contributed by atoms with Gasteiger partial charge in [0.15, 0.2) is 0 Å². The molecule has 10 heteroatoms. The summed E-state index contributed by atoms with van der Waals surface area (Å²) in [6.07, 6.45) is 4.68. The van der Waals surface area contributed by atoms with Crippen LogP contribution in [0.1, 0.15) is 12.5 Å². The molecule has 0 fully saturated rings. The van der Waals surface area contributed by atoms with E-state index in [2.05, 4.69) is 20.1 Å². The zero-order valence-corrected chi connectivity index (χ0v) is 14.7. The second-order valence-electron chi connectivity index (χ2n) is 6.00. The highest BCUT2D eigenvalue weighted by molar-refractivity contribution is 5.93. The lowest BCUT2D eigenvalue weighted by Crippen LogP contribution is -2.10. The fourth-order valence-corrected chi connectivity index (χ4v) is 3.13. The standard InChI is InChI=1S/C17H16N8O2/c1-3-23-15-12(11-5-4-10(2)14(6-11)25(26)27)7-19-8-13(15)22-17(23)24-16(18)20-9-21-24/h4-9H,3H2,1-2H3,(H2,18,20,21). The number of nitro benzene ring substituents is 1. The predicted molar refractivity (Wildman–Crippen MR) is 99.4 cm³/mol. The van der Waals surface area contributed by atoms with Crippen LogP contribution in [0.2, 0.25) is 0 Å². The van der Waals surface area contributed by atoms with E-state index in [1.165, 1.54) is 11.0 Å². The van der Waals surface area contributed by atoms with Gasteiger partial charge in [-0.25, -0.2) is 4.98 Å². The van der Waals surface area contributed by atoms with E-state index in [4.69, 9.17) is 5.73 Å². The van der Waals surface area contributed by atoms with Crippen molar-refractivity contribution < 1.29 is 4.92 Å². The molecule has 0 atom stereocenters. The molecular weight excluding hydrogens is 348 g/mol. The predicted octanol–water partition coefficient (Wildman–Crippen LogP) is 2.50. The van der Waals surface area contributed by atoms with Gasteiger partial charge in [0.05, 0.1) is 16.6 Å². The third-order valence-corrected chi connectivity index (χ3v) is 4.43. The molecule has 2 N–H and O–H groups in total. The van der Waals surface area contributed by atoms with Crippen molar-refractivity contribution in [2.75, 3.05) is 5.73 Å². The number of nitrogens with zero attached hydrogens (tertiary/aromatic N) is 7. The van der Waals surface area contributed by atoms with Crippen LogP contribution in [0.25, 0.3) is 28.1 Å². The van der Waals surface area contributed by atoms with Crippen LogP contribution < -0.4 is 5.73 Å². The second-order valence-corrected chi connectivity index (χ2v) is 6.00. The summed E-state index contributed by atoms with van der Waals surface area (Å²) >= 11 is 0. The zero-order chi connectivity index (χ0) is 19.1. The molecule has 10 nitrogen and oxygen atoms in total. The maximum atomic E-state index is 11.3. The van der Waals surface area contributed by atoms with Crippen LogP contribution in [0.4, 0.5) is 11.6 Å². The number of pyridine rings is 1. The smallest absolute Gasteiger partial charge is 0.272 e. The minimum atomic E-state index is -0.384. The minimum absolute atomic E-state index is 0.0628. The SMILES string of the molecule is CCn1c(-n2ncnc2N)nc2cncc(-c3ccc(C)c([N+](=O)[O-])c3)c21. The van der Waals surface area contributed by atoms with Crippen LogP contribution >= 0.6 is 0 Å². The molecule has 0 aliphatic rings. The van der Waals surface area contributed by atoms with E-state index in [9.17, 15) is 10.1 Å². The van der Waals surface area contributed by atoms with Crippen molar-refractivity contribution in [3.05, 3.63) is 52.6 Å². The van der Waals surface area contributed by atoms with Crippen molar-refractivity contribution in [1.29, 1.82) is 0 Å². The highest BCUT2D eigenvalue weighted by Crippen LogP contribution is 2.32. The number of aryl methyl sites for hydroxylation is 2. The van der Waals surface area contributed by atoms with Crippen LogP contribution in [-0.4, -0.2) is 34.2 Å². The van der Waals surface area contributed by atoms with Gasteiger partial charge in [-0.15, -0.1) is 0 Å². The summed E-state index contributed by atoms with van der Waals surface area (Å²) in [5.74, 6) is 0.735. The number of fused-ring (bicyclic) bond motifs is 1. The largest absolute Gasteiger partial charge is 0.368 e. The van der Waals surface area contributed by atoms with Crippen LogP contribution in [0.3, 0.4) is 0 Å². The number of aromatic nitrogens is 6. The van der Waals surface area contributed by atoms with Gasteiger partial charge >= 0.3 is 0 Å². The number of nitro groups is 1. The lowest BCUT2D eigenvalue weighted by molar-refractivity contribution is -0.385. The summed E-state index contributed by atoms with van der Waals surface area (Å²) in [6, 6.07) is 5.13. The van der Waals surface area contributed by atoms with Gasteiger partial charge in [0, 0.05) is 29.9 Å². The Morgan fingerprint density at radius 3 is 2.78 bits per heavy atom. The molecule has 0 bridgehead atoms. The van der Waals surface area contributed by atoms with Crippen molar-refractivity contribution >= 4 is 22.7 Å². The molecule has 3 aromatic heterocycles. The molecular formula is C17H16N8O2. The summed E-state index contributed by atoms with van der Waals surface area (Å²) < 4.78 is 3.38. The van der Waals surface area contributed by atoms with Crippen molar-refractivity contribution in [3.63, 3.8) is 0 Å². The maximum Gasteiger partial charge on any atom is 0.272 e. The van der Waals surface area contributed by atoms with Gasteiger partial charge in [-0.05, 0) is 19.4 Å². The second kappa shape index (κ2) is 6.16. The summed E-state index contributed by atoms with van der Waals surface area (Å²) in [5.41, 5.74) is 9.43. The minimum Gasteiger partial charge on any atom is -0.368 e. The van der Waals surface area contributed by atoms with Crippen LogP contribution in [0.15, 0.2) is 36.9 Å². The van der Waals surface area contributed by atoms with E-state index < -0.39 is 0 Å². The van der Waals surface area contributed by atoms with Gasteiger partial charge < -0.3 is 10.3 Å². The van der Waals surface area contributed by atoms with E-state index >= 15 is 0 Å². The molecule has 4 aromatic rings. The molecule has 0 amide bonds. The van der Waals surface area contributed by atoms with E-state index in [-0.39, 0.29) is 16.6 Å². The molecule has 0 unspecified atom stereocenters. The number of imidazole rings is 1. The zero-order valence-electron chi connectivity index (χ0n) is 14.7. The van der Waals surface area contributed by atoms with E-state index in [0.717, 1.165) is 11.1 Å². The maximum absolute atomic E-state index is 11.3. The first-order valence-corrected chi connectivity index (χ1v) is 8.26. The van der Waals surface area contributed by atoms with E-state index in [0.29, 0.717) is 29.1 Å². The van der Waals surface area contributed by atoms with Gasteiger partial charge in [-0.1, -0.05) is 12.1 Å². The number of hydrogen-bond acceptors (Lipinski definition) is 7. The fourth-order valence-electron chi connectivity index (χ4n) is 3.13. The normalized spacial score (nSPS) is 11.2. The number of nitrogens with two attached hydrogens (primary N) is 1. The fraction of sp³-hybridized carbons (Fsp3) is 0.176. The first kappa shape index (κ1) is 16.6. The first-order chi connectivity index (χ1) is 13.0. The van der Waals surface area contributed by atoms with Crippen molar-refractivity contribution in [1.82, 2.24) is 29.3 Å². The van der Waals surface area contributed by atoms with Crippen molar-refractivity contribution in [3.8, 4) is 17.1 Å². The third-order valence-electron chi connectivity index (χ3n) is 4.43. The average Bonchev–Trinajstić information content (AvgIpc) is 3.24. The van der Waals surface area contributed by atoms with Gasteiger partial charge in [0.25, 0.3) is 5.69 Å². The number of benzene rings is 1. The molecule has 27 heavy (non-hydrogen) atoms. The Hall–Kier alpha value is -3.82. The Morgan fingerprint density at radius 1 is 1.30 bits per heavy atom. The van der Waals surface area contributed by atoms with Gasteiger partial charge in [0.1, 0.15) is 11.8 Å². The van der Waals surface area contributed by atoms with Gasteiger partial charge in [-0.2, -0.15) is 14.8 Å². The topological polar surface area (TPSA) is 131 Å². The number of nitrogen functional groups attached to an aromatic ring is 1. The third kappa shape index (κ3) is 2.58. The van der Waals surface area contributed by atoms with Crippen LogP contribution in [-0.2, 0) is 6.54 Å². The molecule has 4 rings (SSSR count). The molecule has 0 saturated carbocycles. The molecule has 3 heterocycles. The monoisotopic (exact) mass is 364 g/mol. The van der Waals surface area contributed by atoms with Crippen LogP contribution in [0, 0.1) is 17.0 Å². The number of hydrogen-bond donors (Lipinski definition) is 1. The molecule has 0 radical (unpaired) electrons. The Labute approximate surface area is 153 Å². The Balaban J connectivity index is 2.01. The Kier molecular flexibility index (Phi) is 3.80. The molecule has 136 valence electrons. The summed E-state index contributed by atoms with van der Waals surface area (Å²) in [7, 11) is 0. The summed E-state index contributed by atoms with van der Waals surface area (Å²) in [4.78, 5) is 23.7. The van der Waals surface area contributed by atoms with E-state index in [1.54, 1.807) is 31.5 Å².